The van der Waals surface area contributed by atoms with Gasteiger partial charge in [0.25, 0.3) is 0 Å². The molecule has 0 fully saturated rings. The van der Waals surface area contributed by atoms with Crippen LogP contribution in [0.3, 0.4) is 0 Å². The van der Waals surface area contributed by atoms with Crippen LogP contribution in [0.25, 0.3) is 0 Å². The van der Waals surface area contributed by atoms with Crippen LogP contribution in [0, 0.1) is 0 Å². The monoisotopic (exact) mass is 256 g/mol. The fourth-order valence-electron chi connectivity index (χ4n) is 1.52. The number of carbonyl (C=O) groups excluding carboxylic acids is 1. The van der Waals surface area contributed by atoms with Crippen LogP contribution in [0.4, 0.5) is 0 Å². The van der Waals surface area contributed by atoms with Crippen LogP contribution in [-0.2, 0) is 16.1 Å². The molecule has 1 amide bonds. The zero-order valence-electron chi connectivity index (χ0n) is 9.86. The van der Waals surface area contributed by atoms with Gasteiger partial charge in [0.15, 0.2) is 0 Å². The first-order valence-electron chi connectivity index (χ1n) is 5.36. The molecule has 94 valence electrons. The van der Waals surface area contributed by atoms with Crippen molar-refractivity contribution in [1.29, 1.82) is 0 Å². The molecule has 0 aromatic heterocycles. The minimum Gasteiger partial charge on any atom is -0.383 e. The van der Waals surface area contributed by atoms with Crippen LogP contribution in [0.15, 0.2) is 24.3 Å². The SMILES string of the molecule is COCCN(CC(N)=O)Cc1ccccc1Cl. The normalized spacial score (nSPS) is 10.8. The van der Waals surface area contributed by atoms with Crippen LogP contribution in [0.1, 0.15) is 5.56 Å². The summed E-state index contributed by atoms with van der Waals surface area (Å²) in [6.45, 7) is 1.99. The van der Waals surface area contributed by atoms with Gasteiger partial charge in [-0.3, -0.25) is 9.69 Å². The number of amides is 1. The zero-order chi connectivity index (χ0) is 12.7. The Morgan fingerprint density at radius 2 is 2.18 bits per heavy atom. The largest absolute Gasteiger partial charge is 0.383 e. The maximum absolute atomic E-state index is 11.0. The van der Waals surface area contributed by atoms with Gasteiger partial charge in [-0.05, 0) is 11.6 Å². The molecule has 0 unspecified atom stereocenters. The molecule has 0 aliphatic rings. The Labute approximate surface area is 106 Å². The second-order valence-corrected chi connectivity index (χ2v) is 4.17. The molecule has 0 saturated heterocycles. The summed E-state index contributed by atoms with van der Waals surface area (Å²) in [5.41, 5.74) is 6.18. The minimum atomic E-state index is -0.354. The van der Waals surface area contributed by atoms with Gasteiger partial charge in [-0.15, -0.1) is 0 Å². The summed E-state index contributed by atoms with van der Waals surface area (Å²) in [4.78, 5) is 12.9. The number of rotatable bonds is 7. The van der Waals surface area contributed by atoms with Crippen molar-refractivity contribution in [2.75, 3.05) is 26.8 Å². The number of methoxy groups -OCH3 is 1. The number of benzene rings is 1. The Morgan fingerprint density at radius 3 is 2.76 bits per heavy atom. The van der Waals surface area contributed by atoms with E-state index >= 15 is 0 Å². The number of halogens is 1. The summed E-state index contributed by atoms with van der Waals surface area (Å²) in [7, 11) is 1.62. The Balaban J connectivity index is 2.64. The van der Waals surface area contributed by atoms with Gasteiger partial charge in [-0.25, -0.2) is 0 Å². The lowest BCUT2D eigenvalue weighted by molar-refractivity contribution is -0.119. The molecule has 1 aromatic rings. The van der Waals surface area contributed by atoms with Gasteiger partial charge in [0.1, 0.15) is 0 Å². The van der Waals surface area contributed by atoms with E-state index in [2.05, 4.69) is 0 Å². The van der Waals surface area contributed by atoms with E-state index < -0.39 is 0 Å². The van der Waals surface area contributed by atoms with Gasteiger partial charge in [0.05, 0.1) is 13.2 Å². The number of nitrogens with two attached hydrogens (primary N) is 1. The number of hydrogen-bond acceptors (Lipinski definition) is 3. The Kier molecular flexibility index (Phi) is 5.97. The molecule has 0 saturated carbocycles. The Morgan fingerprint density at radius 1 is 1.47 bits per heavy atom. The van der Waals surface area contributed by atoms with Crippen LogP contribution >= 0.6 is 11.6 Å². The fourth-order valence-corrected chi connectivity index (χ4v) is 1.72. The molecule has 0 atom stereocenters. The molecule has 1 rings (SSSR count). The lowest BCUT2D eigenvalue weighted by Crippen LogP contribution is -2.35. The molecule has 0 radical (unpaired) electrons. The number of nitrogens with zero attached hydrogens (tertiary/aromatic N) is 1. The van der Waals surface area contributed by atoms with Crippen molar-refractivity contribution >= 4 is 17.5 Å². The van der Waals surface area contributed by atoms with Crippen molar-refractivity contribution in [2.45, 2.75) is 6.54 Å². The molecular formula is C12H17ClN2O2. The molecule has 0 aliphatic carbocycles. The molecule has 0 bridgehead atoms. The van der Waals surface area contributed by atoms with Gasteiger partial charge in [-0.2, -0.15) is 0 Å². The van der Waals surface area contributed by atoms with Gasteiger partial charge in [0, 0.05) is 25.2 Å². The fraction of sp³-hybridized carbons (Fsp3) is 0.417. The van der Waals surface area contributed by atoms with Crippen molar-refractivity contribution in [3.8, 4) is 0 Å². The minimum absolute atomic E-state index is 0.203. The predicted octanol–water partition coefficient (Wildman–Crippen LogP) is 1.27. The van der Waals surface area contributed by atoms with E-state index in [1.54, 1.807) is 7.11 Å². The first kappa shape index (κ1) is 14.0. The van der Waals surface area contributed by atoms with Crippen molar-refractivity contribution < 1.29 is 9.53 Å². The highest BCUT2D eigenvalue weighted by molar-refractivity contribution is 6.31. The van der Waals surface area contributed by atoms with E-state index in [0.717, 1.165) is 5.56 Å². The quantitative estimate of drug-likeness (QED) is 0.800. The van der Waals surface area contributed by atoms with E-state index in [-0.39, 0.29) is 12.5 Å². The van der Waals surface area contributed by atoms with E-state index in [1.165, 1.54) is 0 Å². The van der Waals surface area contributed by atoms with Crippen molar-refractivity contribution in [3.63, 3.8) is 0 Å². The molecule has 0 heterocycles. The third-order valence-electron chi connectivity index (χ3n) is 2.34. The number of carbonyl (C=O) groups is 1. The number of ether oxygens (including phenoxy) is 1. The summed E-state index contributed by atoms with van der Waals surface area (Å²) in [5.74, 6) is -0.354. The third kappa shape index (κ3) is 5.17. The van der Waals surface area contributed by atoms with Crippen molar-refractivity contribution in [2.24, 2.45) is 5.73 Å². The molecule has 1 aromatic carbocycles. The summed E-state index contributed by atoms with van der Waals surface area (Å²) in [5, 5.41) is 0.694. The maximum Gasteiger partial charge on any atom is 0.231 e. The highest BCUT2D eigenvalue weighted by Gasteiger charge is 2.10. The topological polar surface area (TPSA) is 55.6 Å². The second kappa shape index (κ2) is 7.27. The summed E-state index contributed by atoms with van der Waals surface area (Å²) >= 11 is 6.06. The standard InChI is InChI=1S/C12H17ClN2O2/c1-17-7-6-15(9-12(14)16)8-10-4-2-3-5-11(10)13/h2-5H,6-9H2,1H3,(H2,14,16). The number of primary amides is 1. The molecule has 2 N–H and O–H groups in total. The third-order valence-corrected chi connectivity index (χ3v) is 2.71. The van der Waals surface area contributed by atoms with E-state index in [0.29, 0.717) is 24.7 Å². The molecular weight excluding hydrogens is 240 g/mol. The molecule has 5 heteroatoms. The van der Waals surface area contributed by atoms with Crippen LogP contribution in [-0.4, -0.2) is 37.6 Å². The van der Waals surface area contributed by atoms with E-state index in [1.807, 2.05) is 29.2 Å². The highest BCUT2D eigenvalue weighted by Crippen LogP contribution is 2.16. The van der Waals surface area contributed by atoms with E-state index in [4.69, 9.17) is 22.1 Å². The van der Waals surface area contributed by atoms with Crippen LogP contribution < -0.4 is 5.73 Å². The lowest BCUT2D eigenvalue weighted by atomic mass is 10.2. The molecule has 17 heavy (non-hydrogen) atoms. The van der Waals surface area contributed by atoms with Gasteiger partial charge < -0.3 is 10.5 Å². The average molecular weight is 257 g/mol. The molecule has 0 spiro atoms. The smallest absolute Gasteiger partial charge is 0.231 e. The first-order chi connectivity index (χ1) is 8.13. The van der Waals surface area contributed by atoms with Crippen molar-refractivity contribution in [3.05, 3.63) is 34.9 Å². The van der Waals surface area contributed by atoms with Gasteiger partial charge >= 0.3 is 0 Å². The highest BCUT2D eigenvalue weighted by atomic mass is 35.5. The van der Waals surface area contributed by atoms with Crippen LogP contribution in [0.2, 0.25) is 5.02 Å². The summed E-state index contributed by atoms with van der Waals surface area (Å²) in [6, 6.07) is 7.55. The van der Waals surface area contributed by atoms with Gasteiger partial charge in [0.2, 0.25) is 5.91 Å². The lowest BCUT2D eigenvalue weighted by Gasteiger charge is -2.20. The Hall–Kier alpha value is -1.10. The predicted molar refractivity (Wildman–Crippen MR) is 67.8 cm³/mol. The summed E-state index contributed by atoms with van der Waals surface area (Å²) in [6.07, 6.45) is 0. The second-order valence-electron chi connectivity index (χ2n) is 3.76. The number of hydrogen-bond donors (Lipinski definition) is 1. The molecule has 4 nitrogen and oxygen atoms in total. The average Bonchev–Trinajstić information content (AvgIpc) is 2.28. The van der Waals surface area contributed by atoms with Gasteiger partial charge in [-0.1, -0.05) is 29.8 Å². The zero-order valence-corrected chi connectivity index (χ0v) is 10.6. The first-order valence-corrected chi connectivity index (χ1v) is 5.74. The maximum atomic E-state index is 11.0. The van der Waals surface area contributed by atoms with Crippen LogP contribution in [0.5, 0.6) is 0 Å². The van der Waals surface area contributed by atoms with Crippen molar-refractivity contribution in [1.82, 2.24) is 4.90 Å². The Bertz CT molecular complexity index is 371. The van der Waals surface area contributed by atoms with E-state index in [9.17, 15) is 4.79 Å². The summed E-state index contributed by atoms with van der Waals surface area (Å²) < 4.78 is 5.00. The molecule has 0 aliphatic heterocycles.